The Morgan fingerprint density at radius 2 is 2.05 bits per heavy atom. The van der Waals surface area contributed by atoms with Gasteiger partial charge in [-0.3, -0.25) is 0 Å². The minimum Gasteiger partial charge on any atom is -0.508 e. The molecule has 0 saturated heterocycles. The Hall–Kier alpha value is -1.03. The third kappa shape index (κ3) is 4.73. The lowest BCUT2D eigenvalue weighted by atomic mass is 9.98. The molecule has 21 heavy (non-hydrogen) atoms. The fourth-order valence-corrected chi connectivity index (χ4v) is 2.79. The van der Waals surface area contributed by atoms with Gasteiger partial charge in [-0.15, -0.1) is 0 Å². The first-order valence-corrected chi connectivity index (χ1v) is 8.23. The van der Waals surface area contributed by atoms with Gasteiger partial charge in [0.25, 0.3) is 0 Å². The number of aromatic hydroxyl groups is 1. The van der Waals surface area contributed by atoms with E-state index in [4.69, 9.17) is 11.6 Å². The first-order valence-electron chi connectivity index (χ1n) is 7.06. The van der Waals surface area contributed by atoms with Crippen LogP contribution < -0.4 is 5.32 Å². The summed E-state index contributed by atoms with van der Waals surface area (Å²) in [7, 11) is 0. The number of rotatable bonds is 6. The van der Waals surface area contributed by atoms with E-state index in [1.165, 1.54) is 5.56 Å². The molecule has 112 valence electrons. The van der Waals surface area contributed by atoms with E-state index < -0.39 is 0 Å². The van der Waals surface area contributed by atoms with E-state index in [2.05, 4.69) is 34.2 Å². The molecule has 0 aliphatic rings. The van der Waals surface area contributed by atoms with Gasteiger partial charge in [0.05, 0.1) is 5.02 Å². The van der Waals surface area contributed by atoms with E-state index in [1.807, 2.05) is 30.3 Å². The van der Waals surface area contributed by atoms with Crippen molar-refractivity contribution in [3.05, 3.63) is 63.1 Å². The van der Waals surface area contributed by atoms with Crippen LogP contribution >= 0.6 is 27.5 Å². The number of phenolic OH excluding ortho intramolecular Hbond substituents is 1. The molecule has 0 aliphatic carbocycles. The molecule has 0 spiro atoms. The van der Waals surface area contributed by atoms with Crippen molar-refractivity contribution >= 4 is 27.5 Å². The van der Waals surface area contributed by atoms with Crippen molar-refractivity contribution in [1.29, 1.82) is 0 Å². The first-order chi connectivity index (χ1) is 10.1. The number of nitrogens with one attached hydrogen (secondary N) is 1. The second-order valence-electron chi connectivity index (χ2n) is 5.05. The summed E-state index contributed by atoms with van der Waals surface area (Å²) < 4.78 is 0.904. The summed E-state index contributed by atoms with van der Waals surface area (Å²) in [5, 5.41) is 13.9. The Kier molecular flexibility index (Phi) is 6.09. The minimum absolute atomic E-state index is 0.195. The van der Waals surface area contributed by atoms with Crippen LogP contribution in [0, 0.1) is 0 Å². The summed E-state index contributed by atoms with van der Waals surface area (Å²) in [6.07, 6.45) is 1.90. The molecule has 0 heterocycles. The summed E-state index contributed by atoms with van der Waals surface area (Å²) in [6, 6.07) is 13.6. The number of hydrogen-bond acceptors (Lipinski definition) is 2. The van der Waals surface area contributed by atoms with Crippen LogP contribution in [-0.2, 0) is 6.42 Å². The van der Waals surface area contributed by atoms with Crippen molar-refractivity contribution in [3.63, 3.8) is 0 Å². The normalized spacial score (nSPS) is 12.3. The quantitative estimate of drug-likeness (QED) is 0.744. The maximum Gasteiger partial charge on any atom is 0.115 e. The van der Waals surface area contributed by atoms with Crippen LogP contribution in [0.25, 0.3) is 0 Å². The van der Waals surface area contributed by atoms with E-state index in [-0.39, 0.29) is 6.04 Å². The Morgan fingerprint density at radius 3 is 2.71 bits per heavy atom. The van der Waals surface area contributed by atoms with Gasteiger partial charge >= 0.3 is 0 Å². The molecule has 4 heteroatoms. The molecule has 2 rings (SSSR count). The second-order valence-corrected chi connectivity index (χ2v) is 6.32. The standard InChI is InChI=1S/C17H19BrClNO/c1-2-8-20-17(10-12-4-3-5-14(21)9-12)13-6-7-16(19)15(18)11-13/h3-7,9,11,17,20-21H,2,8,10H2,1H3. The molecule has 2 nitrogen and oxygen atoms in total. The highest BCUT2D eigenvalue weighted by atomic mass is 79.9. The molecule has 2 aromatic carbocycles. The molecular weight excluding hydrogens is 350 g/mol. The SMILES string of the molecule is CCCNC(Cc1cccc(O)c1)c1ccc(Cl)c(Br)c1. The van der Waals surface area contributed by atoms with Gasteiger partial charge in [-0.05, 0) is 70.7 Å². The summed E-state index contributed by atoms with van der Waals surface area (Å²) in [5.41, 5.74) is 2.29. The molecule has 1 unspecified atom stereocenters. The lowest BCUT2D eigenvalue weighted by molar-refractivity contribution is 0.473. The van der Waals surface area contributed by atoms with Gasteiger partial charge in [-0.2, -0.15) is 0 Å². The van der Waals surface area contributed by atoms with Crippen molar-refractivity contribution in [2.24, 2.45) is 0 Å². The average Bonchev–Trinajstić information content (AvgIpc) is 2.46. The topological polar surface area (TPSA) is 32.3 Å². The molecule has 0 bridgehead atoms. The van der Waals surface area contributed by atoms with Gasteiger partial charge < -0.3 is 10.4 Å². The van der Waals surface area contributed by atoms with Crippen LogP contribution in [0.2, 0.25) is 5.02 Å². The maximum absolute atomic E-state index is 9.61. The van der Waals surface area contributed by atoms with Gasteiger partial charge in [0.2, 0.25) is 0 Å². The van der Waals surface area contributed by atoms with Crippen LogP contribution in [0.1, 0.15) is 30.5 Å². The zero-order valence-corrected chi connectivity index (χ0v) is 14.3. The zero-order valence-electron chi connectivity index (χ0n) is 11.9. The summed E-state index contributed by atoms with van der Waals surface area (Å²) in [6.45, 7) is 3.10. The Labute approximate surface area is 139 Å². The van der Waals surface area contributed by atoms with Crippen molar-refractivity contribution in [2.75, 3.05) is 6.54 Å². The Bertz CT molecular complexity index is 603. The summed E-state index contributed by atoms with van der Waals surface area (Å²) in [5.74, 6) is 0.305. The smallest absolute Gasteiger partial charge is 0.115 e. The highest BCUT2D eigenvalue weighted by Crippen LogP contribution is 2.28. The van der Waals surface area contributed by atoms with E-state index in [9.17, 15) is 5.11 Å². The fourth-order valence-electron chi connectivity index (χ4n) is 2.27. The molecule has 0 fully saturated rings. The fraction of sp³-hybridized carbons (Fsp3) is 0.294. The molecule has 0 aromatic heterocycles. The average molecular weight is 369 g/mol. The van der Waals surface area contributed by atoms with Gasteiger partial charge in [0.1, 0.15) is 5.75 Å². The van der Waals surface area contributed by atoms with E-state index in [1.54, 1.807) is 6.07 Å². The molecular formula is C17H19BrClNO. The predicted octanol–water partition coefficient (Wildman–Crippen LogP) is 5.09. The van der Waals surface area contributed by atoms with Crippen LogP contribution in [0.4, 0.5) is 0 Å². The van der Waals surface area contributed by atoms with Crippen LogP contribution in [-0.4, -0.2) is 11.7 Å². The summed E-state index contributed by atoms with van der Waals surface area (Å²) >= 11 is 9.55. The van der Waals surface area contributed by atoms with Gasteiger partial charge in [0, 0.05) is 10.5 Å². The molecule has 2 N–H and O–H groups in total. The van der Waals surface area contributed by atoms with Crippen LogP contribution in [0.15, 0.2) is 46.9 Å². The highest BCUT2D eigenvalue weighted by Gasteiger charge is 2.13. The largest absolute Gasteiger partial charge is 0.508 e. The molecule has 1 atom stereocenters. The number of phenols is 1. The van der Waals surface area contributed by atoms with E-state index in [0.717, 1.165) is 29.4 Å². The summed E-state index contributed by atoms with van der Waals surface area (Å²) in [4.78, 5) is 0. The van der Waals surface area contributed by atoms with Crippen LogP contribution in [0.5, 0.6) is 5.75 Å². The van der Waals surface area contributed by atoms with Crippen molar-refractivity contribution in [2.45, 2.75) is 25.8 Å². The molecule has 0 saturated carbocycles. The van der Waals surface area contributed by atoms with Gasteiger partial charge in [-0.1, -0.05) is 36.7 Å². The molecule has 2 aromatic rings. The zero-order chi connectivity index (χ0) is 15.2. The monoisotopic (exact) mass is 367 g/mol. The van der Waals surface area contributed by atoms with Gasteiger partial charge in [-0.25, -0.2) is 0 Å². The van der Waals surface area contributed by atoms with Crippen LogP contribution in [0.3, 0.4) is 0 Å². The first kappa shape index (κ1) is 16.3. The highest BCUT2D eigenvalue weighted by molar-refractivity contribution is 9.10. The Balaban J connectivity index is 2.22. The Morgan fingerprint density at radius 1 is 1.24 bits per heavy atom. The maximum atomic E-state index is 9.61. The minimum atomic E-state index is 0.195. The van der Waals surface area contributed by atoms with Crippen molar-refractivity contribution in [3.8, 4) is 5.75 Å². The van der Waals surface area contributed by atoms with Gasteiger partial charge in [0.15, 0.2) is 0 Å². The van der Waals surface area contributed by atoms with Crippen molar-refractivity contribution in [1.82, 2.24) is 5.32 Å². The predicted molar refractivity (Wildman–Crippen MR) is 92.0 cm³/mol. The molecule has 0 aliphatic heterocycles. The lowest BCUT2D eigenvalue weighted by Crippen LogP contribution is -2.24. The number of benzene rings is 2. The second kappa shape index (κ2) is 7.83. The number of halogens is 2. The van der Waals surface area contributed by atoms with Crippen molar-refractivity contribution < 1.29 is 5.11 Å². The van der Waals surface area contributed by atoms with E-state index >= 15 is 0 Å². The molecule has 0 radical (unpaired) electrons. The molecule has 0 amide bonds. The third-order valence-corrected chi connectivity index (χ3v) is 4.55. The third-order valence-electron chi connectivity index (χ3n) is 3.34. The number of hydrogen-bond donors (Lipinski definition) is 2. The van der Waals surface area contributed by atoms with E-state index in [0.29, 0.717) is 10.8 Å². The lowest BCUT2D eigenvalue weighted by Gasteiger charge is -2.20.